The molecule has 0 aliphatic rings. The molecule has 0 atom stereocenters. The van der Waals surface area contributed by atoms with Crippen LogP contribution in [0.25, 0.3) is 0 Å². The van der Waals surface area contributed by atoms with Gasteiger partial charge in [0.1, 0.15) is 0 Å². The van der Waals surface area contributed by atoms with Gasteiger partial charge in [0.05, 0.1) is 0 Å². The predicted octanol–water partition coefficient (Wildman–Crippen LogP) is -1.59. The van der Waals surface area contributed by atoms with E-state index < -0.39 is 14.5 Å². The first-order chi connectivity index (χ1) is 3.06. The van der Waals surface area contributed by atoms with Gasteiger partial charge in [-0.3, -0.25) is 0 Å². The van der Waals surface area contributed by atoms with Crippen molar-refractivity contribution in [2.24, 2.45) is 4.99 Å². The second kappa shape index (κ2) is 3.21. The van der Waals surface area contributed by atoms with Gasteiger partial charge in [0.2, 0.25) is 0 Å². The topological polar surface area (TPSA) is 12.4 Å². The summed E-state index contributed by atoms with van der Waals surface area (Å²) in [6.07, 6.45) is 0. The molecular weight excluding hydrogens is 316 g/mol. The summed E-state index contributed by atoms with van der Waals surface area (Å²) in [7, 11) is 1.84. The van der Waals surface area contributed by atoms with E-state index in [9.17, 15) is 0 Å². The Kier molecular flexibility index (Phi) is 3.73. The summed E-state index contributed by atoms with van der Waals surface area (Å²) in [6, 6.07) is 0. The van der Waals surface area contributed by atoms with Gasteiger partial charge < -0.3 is 0 Å². The maximum absolute atomic E-state index is 3.95. The van der Waals surface area contributed by atoms with Crippen molar-refractivity contribution >= 4 is 22.8 Å². The number of halogens is 2. The van der Waals surface area contributed by atoms with Crippen LogP contribution < -0.4 is 14.5 Å². The van der Waals surface area contributed by atoms with Crippen LogP contribution >= 0.6 is 18.6 Å². The Morgan fingerprint density at radius 2 is 2.00 bits per heavy atom. The zero-order chi connectivity index (χ0) is 5.91. The quantitative estimate of drug-likeness (QED) is 0.313. The van der Waals surface area contributed by atoms with Crippen LogP contribution in [-0.2, 0) is 0 Å². The number of hydrogen-bond donors (Lipinski definition) is 0. The average molecular weight is 326 g/mol. The van der Waals surface area contributed by atoms with Crippen LogP contribution in [0.3, 0.4) is 0 Å². The Morgan fingerprint density at radius 1 is 1.57 bits per heavy atom. The fourth-order valence-corrected chi connectivity index (χ4v) is 2.97. The molecule has 0 radical (unpaired) electrons. The minimum absolute atomic E-state index is 1.34. The van der Waals surface area contributed by atoms with Crippen LogP contribution in [0.4, 0.5) is 0 Å². The SMILES string of the molecule is CN=C[I-](C)(C)I. The fourth-order valence-electron chi connectivity index (χ4n) is 0.232. The first kappa shape index (κ1) is 8.13. The summed E-state index contributed by atoms with van der Waals surface area (Å²) in [4.78, 5) is 8.54. The molecular formula is C4H10I2N-. The zero-order valence-electron chi connectivity index (χ0n) is 4.78. The molecule has 46 valence electrons. The zero-order valence-corrected chi connectivity index (χ0v) is 9.10. The van der Waals surface area contributed by atoms with E-state index in [1.165, 1.54) is 0 Å². The van der Waals surface area contributed by atoms with Gasteiger partial charge in [-0.15, -0.1) is 0 Å². The molecule has 0 aromatic heterocycles. The van der Waals surface area contributed by atoms with Gasteiger partial charge in [0.15, 0.2) is 0 Å². The Balaban J connectivity index is 3.56. The van der Waals surface area contributed by atoms with E-state index in [4.69, 9.17) is 0 Å². The van der Waals surface area contributed by atoms with Gasteiger partial charge in [-0.1, -0.05) is 0 Å². The molecule has 0 heterocycles. The molecule has 0 saturated heterocycles. The normalized spacial score (nSPS) is 15.4. The van der Waals surface area contributed by atoms with Gasteiger partial charge in [-0.05, 0) is 0 Å². The monoisotopic (exact) mass is 326 g/mol. The first-order valence-corrected chi connectivity index (χ1v) is 13.7. The van der Waals surface area contributed by atoms with Crippen LogP contribution in [0.2, 0.25) is 0 Å². The molecule has 0 aliphatic carbocycles. The second-order valence-corrected chi connectivity index (χ2v) is 22.9. The summed E-state index contributed by atoms with van der Waals surface area (Å²) in [5.41, 5.74) is 0. The van der Waals surface area contributed by atoms with Gasteiger partial charge >= 0.3 is 59.2 Å². The van der Waals surface area contributed by atoms with E-state index in [0.717, 1.165) is 0 Å². The van der Waals surface area contributed by atoms with Crippen molar-refractivity contribution in [2.75, 3.05) is 16.9 Å². The van der Waals surface area contributed by atoms with Crippen LogP contribution in [0.1, 0.15) is 0 Å². The molecule has 3 heteroatoms. The van der Waals surface area contributed by atoms with E-state index in [-0.39, 0.29) is 0 Å². The van der Waals surface area contributed by atoms with Crippen molar-refractivity contribution < 1.29 is 14.5 Å². The van der Waals surface area contributed by atoms with Crippen LogP contribution in [0.5, 0.6) is 0 Å². The molecule has 0 amide bonds. The Bertz CT molecular complexity index is 72.2. The summed E-state index contributed by atoms with van der Waals surface area (Å²) in [6.45, 7) is 0. The van der Waals surface area contributed by atoms with Crippen LogP contribution in [0.15, 0.2) is 4.99 Å². The standard InChI is InChI=1S/C4H10I2N/c1-6(2,5)4-7-3/h4H,1-3H3/q-1. The fraction of sp³-hybridized carbons (Fsp3) is 0.750. The van der Waals surface area contributed by atoms with E-state index in [1.54, 1.807) is 0 Å². The number of hydrogen-bond acceptors (Lipinski definition) is 1. The number of rotatable bonds is 1. The Morgan fingerprint density at radius 3 is 2.00 bits per heavy atom. The summed E-state index contributed by atoms with van der Waals surface area (Å²) < 4.78 is 2.10. The van der Waals surface area contributed by atoms with Gasteiger partial charge in [-0.2, -0.15) is 0 Å². The van der Waals surface area contributed by atoms with Crippen molar-refractivity contribution in [3.8, 4) is 0 Å². The molecule has 0 saturated carbocycles. The molecule has 0 unspecified atom stereocenters. The number of alkyl halides is 2. The Labute approximate surface area is 58.7 Å². The van der Waals surface area contributed by atoms with Crippen molar-refractivity contribution in [1.29, 1.82) is 0 Å². The molecule has 0 aromatic carbocycles. The summed E-state index contributed by atoms with van der Waals surface area (Å²) >= 11 is 1.17. The molecule has 0 rings (SSSR count). The third kappa shape index (κ3) is 7.13. The van der Waals surface area contributed by atoms with E-state index >= 15 is 0 Å². The minimum atomic E-state index is -1.34. The van der Waals surface area contributed by atoms with Crippen LogP contribution in [0, 0.1) is 0 Å². The molecule has 0 N–H and O–H groups in total. The predicted molar refractivity (Wildman–Crippen MR) is 40.3 cm³/mol. The Hall–Kier alpha value is 1.13. The van der Waals surface area contributed by atoms with Crippen molar-refractivity contribution in [3.05, 3.63) is 0 Å². The van der Waals surface area contributed by atoms with Crippen LogP contribution in [-0.4, -0.2) is 21.1 Å². The number of aliphatic imine (C=N–C) groups is 1. The van der Waals surface area contributed by atoms with Crippen molar-refractivity contribution in [1.82, 2.24) is 0 Å². The molecule has 7 heavy (non-hydrogen) atoms. The van der Waals surface area contributed by atoms with Gasteiger partial charge in [0.25, 0.3) is 0 Å². The molecule has 0 fully saturated rings. The first-order valence-electron chi connectivity index (χ1n) is 1.82. The molecule has 0 aromatic rings. The number of nitrogens with zero attached hydrogens (tertiary/aromatic N) is 1. The van der Waals surface area contributed by atoms with E-state index in [0.29, 0.717) is 0 Å². The second-order valence-electron chi connectivity index (χ2n) is 1.54. The maximum atomic E-state index is 3.95. The average Bonchev–Trinajstić information content (AvgIpc) is 1.30. The van der Waals surface area contributed by atoms with Gasteiger partial charge in [-0.25, -0.2) is 0 Å². The van der Waals surface area contributed by atoms with E-state index in [1.807, 2.05) is 7.05 Å². The van der Waals surface area contributed by atoms with Crippen molar-refractivity contribution in [3.63, 3.8) is 0 Å². The molecule has 0 spiro atoms. The molecule has 0 aliphatic heterocycles. The third-order valence-corrected chi connectivity index (χ3v) is 3.62. The molecule has 0 bridgehead atoms. The summed E-state index contributed by atoms with van der Waals surface area (Å²) in [5.74, 6) is 0. The summed E-state index contributed by atoms with van der Waals surface area (Å²) in [5, 5.41) is 0. The van der Waals surface area contributed by atoms with E-state index in [2.05, 4.69) is 37.7 Å². The third-order valence-electron chi connectivity index (χ3n) is 0.330. The van der Waals surface area contributed by atoms with Crippen molar-refractivity contribution in [2.45, 2.75) is 0 Å². The van der Waals surface area contributed by atoms with Gasteiger partial charge in [0, 0.05) is 0 Å². The molecule has 1 nitrogen and oxygen atoms in total.